The molecule has 0 aromatic carbocycles. The standard InChI is InChI=1S/C11H17F3O4S/c1-4-9(6-7-11(12,13)14)19(16,17)8(3)10(15)18-5-2/h4,8-9H,1,5-7H2,2-3H3. The third-order valence-electron chi connectivity index (χ3n) is 2.51. The number of carbonyl (C=O) groups is 1. The van der Waals surface area contributed by atoms with Crippen molar-refractivity contribution in [2.45, 2.75) is 43.4 Å². The minimum Gasteiger partial charge on any atom is -0.465 e. The molecule has 0 rings (SSSR count). The van der Waals surface area contributed by atoms with Gasteiger partial charge in [0, 0.05) is 6.42 Å². The Labute approximate surface area is 110 Å². The number of hydrogen-bond donors (Lipinski definition) is 0. The highest BCUT2D eigenvalue weighted by Crippen LogP contribution is 2.26. The maximum absolute atomic E-state index is 12.1. The summed E-state index contributed by atoms with van der Waals surface area (Å²) in [5.74, 6) is -0.971. The van der Waals surface area contributed by atoms with Crippen LogP contribution in [0.4, 0.5) is 13.2 Å². The molecule has 0 aliphatic heterocycles. The van der Waals surface area contributed by atoms with Gasteiger partial charge in [-0.2, -0.15) is 13.2 Å². The van der Waals surface area contributed by atoms with E-state index in [1.54, 1.807) is 0 Å². The van der Waals surface area contributed by atoms with E-state index in [0.717, 1.165) is 13.0 Å². The van der Waals surface area contributed by atoms with Crippen LogP contribution in [0.25, 0.3) is 0 Å². The average molecular weight is 302 g/mol. The van der Waals surface area contributed by atoms with Gasteiger partial charge in [0.2, 0.25) is 0 Å². The van der Waals surface area contributed by atoms with Crippen LogP contribution in [0.3, 0.4) is 0 Å². The summed E-state index contributed by atoms with van der Waals surface area (Å²) < 4.78 is 64.8. The molecule has 0 aliphatic carbocycles. The van der Waals surface area contributed by atoms with Gasteiger partial charge in [-0.15, -0.1) is 6.58 Å². The van der Waals surface area contributed by atoms with Crippen LogP contribution in [-0.4, -0.2) is 37.7 Å². The van der Waals surface area contributed by atoms with Crippen molar-refractivity contribution in [1.29, 1.82) is 0 Å². The molecular formula is C11H17F3O4S. The zero-order valence-electron chi connectivity index (χ0n) is 10.7. The van der Waals surface area contributed by atoms with E-state index in [-0.39, 0.29) is 6.61 Å². The summed E-state index contributed by atoms with van der Waals surface area (Å²) >= 11 is 0. The molecule has 0 heterocycles. The number of alkyl halides is 3. The zero-order chi connectivity index (χ0) is 15.3. The van der Waals surface area contributed by atoms with Crippen LogP contribution in [0.1, 0.15) is 26.7 Å². The molecule has 0 aromatic rings. The molecule has 0 N–H and O–H groups in total. The first-order chi connectivity index (χ1) is 8.56. The molecule has 19 heavy (non-hydrogen) atoms. The molecule has 0 amide bonds. The minimum atomic E-state index is -4.45. The molecule has 0 aromatic heterocycles. The Morgan fingerprint density at radius 2 is 1.95 bits per heavy atom. The van der Waals surface area contributed by atoms with Gasteiger partial charge in [-0.3, -0.25) is 4.79 Å². The van der Waals surface area contributed by atoms with E-state index < -0.39 is 45.3 Å². The van der Waals surface area contributed by atoms with Crippen molar-refractivity contribution in [1.82, 2.24) is 0 Å². The SMILES string of the molecule is C=CC(CCC(F)(F)F)S(=O)(=O)C(C)C(=O)OCC. The topological polar surface area (TPSA) is 60.4 Å². The second kappa shape index (κ2) is 6.93. The largest absolute Gasteiger partial charge is 0.465 e. The molecule has 0 saturated carbocycles. The number of carbonyl (C=O) groups excluding carboxylic acids is 1. The van der Waals surface area contributed by atoms with Gasteiger partial charge in [0.05, 0.1) is 11.9 Å². The second-order valence-electron chi connectivity index (χ2n) is 3.91. The van der Waals surface area contributed by atoms with Gasteiger partial charge in [0.25, 0.3) is 0 Å². The van der Waals surface area contributed by atoms with Crippen LogP contribution >= 0.6 is 0 Å². The molecule has 2 unspecified atom stereocenters. The molecule has 0 fully saturated rings. The Bertz CT molecular complexity index is 414. The van der Waals surface area contributed by atoms with Gasteiger partial charge < -0.3 is 4.74 Å². The number of sulfone groups is 1. The summed E-state index contributed by atoms with van der Waals surface area (Å²) in [5.41, 5.74) is 0. The lowest BCUT2D eigenvalue weighted by atomic mass is 10.2. The number of esters is 1. The van der Waals surface area contributed by atoms with Crippen LogP contribution in [0.2, 0.25) is 0 Å². The van der Waals surface area contributed by atoms with E-state index in [1.165, 1.54) is 6.92 Å². The minimum absolute atomic E-state index is 0.000000394. The fraction of sp³-hybridized carbons (Fsp3) is 0.727. The molecule has 8 heteroatoms. The van der Waals surface area contributed by atoms with Gasteiger partial charge in [-0.25, -0.2) is 8.42 Å². The monoisotopic (exact) mass is 302 g/mol. The highest BCUT2D eigenvalue weighted by atomic mass is 32.2. The van der Waals surface area contributed by atoms with Crippen molar-refractivity contribution in [3.63, 3.8) is 0 Å². The predicted molar refractivity (Wildman–Crippen MR) is 64.3 cm³/mol. The van der Waals surface area contributed by atoms with E-state index in [1.807, 2.05) is 0 Å². The number of hydrogen-bond acceptors (Lipinski definition) is 4. The lowest BCUT2D eigenvalue weighted by molar-refractivity contribution is -0.142. The zero-order valence-corrected chi connectivity index (χ0v) is 11.6. The van der Waals surface area contributed by atoms with Crippen molar-refractivity contribution >= 4 is 15.8 Å². The van der Waals surface area contributed by atoms with Gasteiger partial charge >= 0.3 is 12.1 Å². The van der Waals surface area contributed by atoms with Gasteiger partial charge in [0.1, 0.15) is 0 Å². The van der Waals surface area contributed by atoms with E-state index in [4.69, 9.17) is 0 Å². The Hall–Kier alpha value is -1.05. The highest BCUT2D eigenvalue weighted by molar-refractivity contribution is 7.93. The lowest BCUT2D eigenvalue weighted by Gasteiger charge is -2.18. The Morgan fingerprint density at radius 1 is 1.42 bits per heavy atom. The van der Waals surface area contributed by atoms with Crippen molar-refractivity contribution < 1.29 is 31.1 Å². The fourth-order valence-electron chi connectivity index (χ4n) is 1.38. The number of rotatable bonds is 7. The van der Waals surface area contributed by atoms with E-state index >= 15 is 0 Å². The third-order valence-corrected chi connectivity index (χ3v) is 4.96. The number of ether oxygens (including phenoxy) is 1. The quantitative estimate of drug-likeness (QED) is 0.534. The molecule has 4 nitrogen and oxygen atoms in total. The lowest BCUT2D eigenvalue weighted by Crippen LogP contribution is -2.36. The first-order valence-electron chi connectivity index (χ1n) is 5.65. The van der Waals surface area contributed by atoms with Gasteiger partial charge in [-0.05, 0) is 20.3 Å². The van der Waals surface area contributed by atoms with E-state index in [9.17, 15) is 26.4 Å². The molecule has 0 aliphatic rings. The van der Waals surface area contributed by atoms with Gasteiger partial charge in [-0.1, -0.05) is 6.08 Å². The summed E-state index contributed by atoms with van der Waals surface area (Å²) in [4.78, 5) is 11.4. The number of halogens is 3. The van der Waals surface area contributed by atoms with Gasteiger partial charge in [0.15, 0.2) is 15.1 Å². The molecule has 0 bridgehead atoms. The Balaban J connectivity index is 4.93. The van der Waals surface area contributed by atoms with Crippen LogP contribution in [0.15, 0.2) is 12.7 Å². The highest BCUT2D eigenvalue weighted by Gasteiger charge is 2.37. The summed E-state index contributed by atoms with van der Waals surface area (Å²) in [6.07, 6.45) is -5.45. The molecule has 0 radical (unpaired) electrons. The molecular weight excluding hydrogens is 285 g/mol. The fourth-order valence-corrected chi connectivity index (χ4v) is 2.95. The summed E-state index contributed by atoms with van der Waals surface area (Å²) in [6.45, 7) is 5.82. The average Bonchev–Trinajstić information content (AvgIpc) is 2.27. The van der Waals surface area contributed by atoms with E-state index in [2.05, 4.69) is 11.3 Å². The van der Waals surface area contributed by atoms with E-state index in [0.29, 0.717) is 0 Å². The molecule has 2 atom stereocenters. The second-order valence-corrected chi connectivity index (χ2v) is 6.40. The smallest absolute Gasteiger partial charge is 0.389 e. The summed E-state index contributed by atoms with van der Waals surface area (Å²) in [6, 6.07) is 0. The van der Waals surface area contributed by atoms with Crippen molar-refractivity contribution in [2.24, 2.45) is 0 Å². The first kappa shape index (κ1) is 17.9. The van der Waals surface area contributed by atoms with Crippen LogP contribution in [0, 0.1) is 0 Å². The summed E-state index contributed by atoms with van der Waals surface area (Å²) in [5, 5.41) is -2.93. The maximum Gasteiger partial charge on any atom is 0.389 e. The van der Waals surface area contributed by atoms with Crippen molar-refractivity contribution in [3.05, 3.63) is 12.7 Å². The van der Waals surface area contributed by atoms with Crippen LogP contribution < -0.4 is 0 Å². The summed E-state index contributed by atoms with van der Waals surface area (Å²) in [7, 11) is -4.09. The maximum atomic E-state index is 12.1. The first-order valence-corrected chi connectivity index (χ1v) is 7.25. The molecule has 112 valence electrons. The molecule has 0 saturated heterocycles. The predicted octanol–water partition coefficient (Wildman–Crippen LogP) is 2.25. The third kappa shape index (κ3) is 5.63. The normalized spacial score (nSPS) is 15.6. The van der Waals surface area contributed by atoms with Crippen molar-refractivity contribution in [2.75, 3.05) is 6.61 Å². The van der Waals surface area contributed by atoms with Crippen LogP contribution in [-0.2, 0) is 19.4 Å². The van der Waals surface area contributed by atoms with Crippen LogP contribution in [0.5, 0.6) is 0 Å². The Kier molecular flexibility index (Phi) is 6.54. The van der Waals surface area contributed by atoms with Crippen molar-refractivity contribution in [3.8, 4) is 0 Å². The Morgan fingerprint density at radius 3 is 2.32 bits per heavy atom. The molecule has 0 spiro atoms.